The smallest absolute Gasteiger partial charge is 0.338 e. The van der Waals surface area contributed by atoms with Crippen LogP contribution in [0, 0.1) is 5.92 Å². The molecule has 0 aromatic heterocycles. The summed E-state index contributed by atoms with van der Waals surface area (Å²) in [4.78, 5) is 24.3. The van der Waals surface area contributed by atoms with E-state index in [1.165, 1.54) is 0 Å². The van der Waals surface area contributed by atoms with Gasteiger partial charge in [-0.05, 0) is 37.0 Å². The molecule has 1 aromatic rings. The third-order valence-electron chi connectivity index (χ3n) is 3.69. The SMILES string of the molecule is CC1=C(C(=O)OCCC(C)C)C(c2ccc(Cl)c(Cl)c2)NC(=O)N1. The Balaban J connectivity index is 2.29. The molecule has 1 aliphatic rings. The van der Waals surface area contributed by atoms with Gasteiger partial charge in [-0.15, -0.1) is 0 Å². The van der Waals surface area contributed by atoms with Crippen molar-refractivity contribution in [1.82, 2.24) is 10.6 Å². The topological polar surface area (TPSA) is 67.4 Å². The van der Waals surface area contributed by atoms with Crippen LogP contribution in [-0.2, 0) is 9.53 Å². The van der Waals surface area contributed by atoms with Crippen LogP contribution in [0.4, 0.5) is 4.79 Å². The van der Waals surface area contributed by atoms with Crippen LogP contribution in [0.1, 0.15) is 38.8 Å². The summed E-state index contributed by atoms with van der Waals surface area (Å²) < 4.78 is 5.36. The number of amides is 2. The lowest BCUT2D eigenvalue weighted by molar-refractivity contribution is -0.139. The van der Waals surface area contributed by atoms with Crippen LogP contribution >= 0.6 is 23.2 Å². The van der Waals surface area contributed by atoms with Gasteiger partial charge in [0.2, 0.25) is 0 Å². The molecule has 1 aromatic carbocycles. The standard InChI is InChI=1S/C17H20Cl2N2O3/c1-9(2)6-7-24-16(22)14-10(3)20-17(23)21-15(14)11-4-5-12(18)13(19)8-11/h4-5,8-9,15H,6-7H2,1-3H3,(H2,20,21,23). The number of halogens is 2. The van der Waals surface area contributed by atoms with Crippen molar-refractivity contribution in [3.05, 3.63) is 45.1 Å². The number of ether oxygens (including phenoxy) is 1. The summed E-state index contributed by atoms with van der Waals surface area (Å²) in [6, 6.07) is 3.96. The Morgan fingerprint density at radius 2 is 2.00 bits per heavy atom. The molecule has 2 rings (SSSR count). The van der Waals surface area contributed by atoms with Crippen LogP contribution < -0.4 is 10.6 Å². The van der Waals surface area contributed by atoms with E-state index in [1.807, 2.05) is 0 Å². The van der Waals surface area contributed by atoms with E-state index < -0.39 is 12.0 Å². The summed E-state index contributed by atoms with van der Waals surface area (Å²) in [7, 11) is 0. The van der Waals surface area contributed by atoms with E-state index >= 15 is 0 Å². The van der Waals surface area contributed by atoms with E-state index in [4.69, 9.17) is 27.9 Å². The van der Waals surface area contributed by atoms with Crippen LogP contribution in [0.15, 0.2) is 29.5 Å². The maximum Gasteiger partial charge on any atom is 0.338 e. The van der Waals surface area contributed by atoms with Crippen molar-refractivity contribution in [2.24, 2.45) is 5.92 Å². The molecule has 0 radical (unpaired) electrons. The molecule has 0 fully saturated rings. The summed E-state index contributed by atoms with van der Waals surface area (Å²) in [5, 5.41) is 6.09. The highest BCUT2D eigenvalue weighted by Crippen LogP contribution is 2.31. The van der Waals surface area contributed by atoms with E-state index in [9.17, 15) is 9.59 Å². The summed E-state index contributed by atoms with van der Waals surface area (Å²) in [6.07, 6.45) is 0.773. The molecule has 0 aliphatic carbocycles. The Hall–Kier alpha value is -1.72. The van der Waals surface area contributed by atoms with Crippen molar-refractivity contribution >= 4 is 35.2 Å². The quantitative estimate of drug-likeness (QED) is 0.762. The van der Waals surface area contributed by atoms with Gasteiger partial charge in [0, 0.05) is 5.70 Å². The lowest BCUT2D eigenvalue weighted by Gasteiger charge is -2.28. The molecule has 0 bridgehead atoms. The minimum absolute atomic E-state index is 0.329. The molecule has 1 unspecified atom stereocenters. The zero-order valence-electron chi connectivity index (χ0n) is 13.8. The molecule has 0 saturated heterocycles. The third-order valence-corrected chi connectivity index (χ3v) is 4.43. The second kappa shape index (κ2) is 7.90. The second-order valence-corrected chi connectivity index (χ2v) is 6.88. The van der Waals surface area contributed by atoms with Crippen molar-refractivity contribution in [3.63, 3.8) is 0 Å². The molecule has 0 saturated carbocycles. The number of rotatable bonds is 5. The molecule has 0 spiro atoms. The van der Waals surface area contributed by atoms with E-state index in [2.05, 4.69) is 24.5 Å². The molecular weight excluding hydrogens is 351 g/mol. The van der Waals surface area contributed by atoms with Crippen LogP contribution in [0.25, 0.3) is 0 Å². The molecule has 24 heavy (non-hydrogen) atoms. The molecule has 7 heteroatoms. The van der Waals surface area contributed by atoms with Crippen molar-refractivity contribution in [2.45, 2.75) is 33.2 Å². The van der Waals surface area contributed by atoms with Crippen LogP contribution in [-0.4, -0.2) is 18.6 Å². The zero-order valence-corrected chi connectivity index (χ0v) is 15.3. The Bertz CT molecular complexity index is 686. The fourth-order valence-corrected chi connectivity index (χ4v) is 2.68. The fraction of sp³-hybridized carbons (Fsp3) is 0.412. The Kier molecular flexibility index (Phi) is 6.13. The highest BCUT2D eigenvalue weighted by atomic mass is 35.5. The summed E-state index contributed by atoms with van der Waals surface area (Å²) in [5.74, 6) is -0.0281. The first-order chi connectivity index (χ1) is 11.3. The zero-order chi connectivity index (χ0) is 17.9. The van der Waals surface area contributed by atoms with Gasteiger partial charge < -0.3 is 15.4 Å². The van der Waals surface area contributed by atoms with Gasteiger partial charge >= 0.3 is 12.0 Å². The number of allylic oxidation sites excluding steroid dienone is 1. The number of benzene rings is 1. The van der Waals surface area contributed by atoms with Crippen LogP contribution in [0.2, 0.25) is 10.0 Å². The fourth-order valence-electron chi connectivity index (χ4n) is 2.37. The van der Waals surface area contributed by atoms with E-state index in [-0.39, 0.29) is 6.03 Å². The van der Waals surface area contributed by atoms with Gasteiger partial charge in [0.05, 0.1) is 28.3 Å². The first-order valence-corrected chi connectivity index (χ1v) is 8.45. The Morgan fingerprint density at radius 3 is 2.62 bits per heavy atom. The van der Waals surface area contributed by atoms with Crippen LogP contribution in [0.5, 0.6) is 0 Å². The van der Waals surface area contributed by atoms with Gasteiger partial charge in [-0.25, -0.2) is 9.59 Å². The van der Waals surface area contributed by atoms with Crippen molar-refractivity contribution < 1.29 is 14.3 Å². The second-order valence-electron chi connectivity index (χ2n) is 6.06. The molecule has 1 aliphatic heterocycles. The number of carbonyl (C=O) groups is 2. The average Bonchev–Trinajstić information content (AvgIpc) is 2.48. The Morgan fingerprint density at radius 1 is 1.29 bits per heavy atom. The minimum Gasteiger partial charge on any atom is -0.462 e. The van der Waals surface area contributed by atoms with Gasteiger partial charge in [0.25, 0.3) is 0 Å². The number of nitrogens with one attached hydrogen (secondary N) is 2. The van der Waals surface area contributed by atoms with Gasteiger partial charge in [0.1, 0.15) is 0 Å². The van der Waals surface area contributed by atoms with Gasteiger partial charge in [-0.2, -0.15) is 0 Å². The van der Waals surface area contributed by atoms with Crippen molar-refractivity contribution in [1.29, 1.82) is 0 Å². The lowest BCUT2D eigenvalue weighted by Crippen LogP contribution is -2.45. The Labute approximate surface area is 151 Å². The third kappa shape index (κ3) is 4.42. The summed E-state index contributed by atoms with van der Waals surface area (Å²) in [6.45, 7) is 6.11. The number of esters is 1. The summed E-state index contributed by atoms with van der Waals surface area (Å²) >= 11 is 12.0. The highest BCUT2D eigenvalue weighted by Gasteiger charge is 2.32. The largest absolute Gasteiger partial charge is 0.462 e. The molecule has 2 amide bonds. The van der Waals surface area contributed by atoms with E-state index in [0.29, 0.717) is 39.4 Å². The average molecular weight is 371 g/mol. The van der Waals surface area contributed by atoms with E-state index in [1.54, 1.807) is 25.1 Å². The maximum absolute atomic E-state index is 12.5. The maximum atomic E-state index is 12.5. The van der Waals surface area contributed by atoms with Gasteiger partial charge in [-0.3, -0.25) is 0 Å². The minimum atomic E-state index is -0.639. The molecular formula is C17H20Cl2N2O3. The predicted molar refractivity (Wildman–Crippen MR) is 94.0 cm³/mol. The number of hydrogen-bond donors (Lipinski definition) is 2. The monoisotopic (exact) mass is 370 g/mol. The molecule has 5 nitrogen and oxygen atoms in total. The highest BCUT2D eigenvalue weighted by molar-refractivity contribution is 6.42. The number of hydrogen-bond acceptors (Lipinski definition) is 3. The van der Waals surface area contributed by atoms with Crippen molar-refractivity contribution in [3.8, 4) is 0 Å². The molecule has 1 heterocycles. The first kappa shape index (κ1) is 18.6. The normalized spacial score (nSPS) is 17.6. The number of urea groups is 1. The lowest BCUT2D eigenvalue weighted by atomic mass is 9.95. The molecule has 1 atom stereocenters. The van der Waals surface area contributed by atoms with Crippen LogP contribution in [0.3, 0.4) is 0 Å². The first-order valence-electron chi connectivity index (χ1n) is 7.70. The van der Waals surface area contributed by atoms with Gasteiger partial charge in [0.15, 0.2) is 0 Å². The van der Waals surface area contributed by atoms with Crippen molar-refractivity contribution in [2.75, 3.05) is 6.61 Å². The molecule has 2 N–H and O–H groups in total. The number of carbonyl (C=O) groups excluding carboxylic acids is 2. The van der Waals surface area contributed by atoms with Gasteiger partial charge in [-0.1, -0.05) is 43.1 Å². The summed E-state index contributed by atoms with van der Waals surface area (Å²) in [5.41, 5.74) is 1.48. The molecule has 130 valence electrons. The predicted octanol–water partition coefficient (Wildman–Crippen LogP) is 4.21. The van der Waals surface area contributed by atoms with E-state index in [0.717, 1.165) is 6.42 Å².